The molecule has 1 heterocycles. The highest BCUT2D eigenvalue weighted by atomic mass is 16.6. The lowest BCUT2D eigenvalue weighted by atomic mass is 10.0. The van der Waals surface area contributed by atoms with E-state index in [0.717, 1.165) is 37.1 Å². The Morgan fingerprint density at radius 2 is 2.00 bits per heavy atom. The van der Waals surface area contributed by atoms with Crippen molar-refractivity contribution in [1.82, 2.24) is 4.90 Å². The molecule has 2 rings (SSSR count). The second-order valence-corrected chi connectivity index (χ2v) is 7.06. The van der Waals surface area contributed by atoms with Gasteiger partial charge in [-0.1, -0.05) is 12.1 Å². The van der Waals surface area contributed by atoms with Gasteiger partial charge in [-0.15, -0.1) is 0 Å². The zero-order valence-corrected chi connectivity index (χ0v) is 14.3. The maximum Gasteiger partial charge on any atom is 0.410 e. The molecule has 23 heavy (non-hydrogen) atoms. The van der Waals surface area contributed by atoms with Crippen molar-refractivity contribution in [1.29, 1.82) is 0 Å². The van der Waals surface area contributed by atoms with Gasteiger partial charge in [0.1, 0.15) is 5.60 Å². The quantitative estimate of drug-likeness (QED) is 0.893. The van der Waals surface area contributed by atoms with Crippen molar-refractivity contribution in [2.45, 2.75) is 58.3 Å². The van der Waals surface area contributed by atoms with Crippen LogP contribution in [0.5, 0.6) is 0 Å². The van der Waals surface area contributed by atoms with Gasteiger partial charge in [0.05, 0.1) is 12.6 Å². The van der Waals surface area contributed by atoms with Crippen LogP contribution in [0.25, 0.3) is 0 Å². The maximum absolute atomic E-state index is 12.4. The molecule has 1 saturated heterocycles. The Balaban J connectivity index is 1.93. The van der Waals surface area contributed by atoms with E-state index in [4.69, 9.17) is 9.84 Å². The number of carbonyl (C=O) groups excluding carboxylic acids is 1. The predicted octanol–water partition coefficient (Wildman–Crippen LogP) is 3.38. The molecule has 0 saturated carbocycles. The maximum atomic E-state index is 12.4. The normalized spacial score (nSPS) is 18.6. The molecule has 0 radical (unpaired) electrons. The van der Waals surface area contributed by atoms with Gasteiger partial charge in [-0.2, -0.15) is 0 Å². The highest BCUT2D eigenvalue weighted by Crippen LogP contribution is 2.21. The number of ether oxygens (including phenoxy) is 1. The number of aliphatic hydroxyl groups is 1. The molecule has 0 aromatic heterocycles. The van der Waals surface area contributed by atoms with Crippen LogP contribution < -0.4 is 5.32 Å². The Morgan fingerprint density at radius 3 is 2.61 bits per heavy atom. The molecule has 0 aliphatic carbocycles. The van der Waals surface area contributed by atoms with Gasteiger partial charge in [-0.05, 0) is 57.7 Å². The summed E-state index contributed by atoms with van der Waals surface area (Å²) in [5.41, 5.74) is 1.42. The van der Waals surface area contributed by atoms with Crippen molar-refractivity contribution in [3.63, 3.8) is 0 Å². The number of hydrogen-bond donors (Lipinski definition) is 2. The first kappa shape index (κ1) is 17.6. The smallest absolute Gasteiger partial charge is 0.410 e. The van der Waals surface area contributed by atoms with Crippen molar-refractivity contribution in [3.8, 4) is 0 Å². The van der Waals surface area contributed by atoms with Gasteiger partial charge < -0.3 is 20.1 Å². The van der Waals surface area contributed by atoms with Crippen LogP contribution >= 0.6 is 0 Å². The molecular formula is C18H28N2O3. The van der Waals surface area contributed by atoms with Crippen molar-refractivity contribution in [2.75, 3.05) is 18.4 Å². The highest BCUT2D eigenvalue weighted by molar-refractivity contribution is 5.68. The fraction of sp³-hybridized carbons (Fsp3) is 0.611. The summed E-state index contributed by atoms with van der Waals surface area (Å²) in [4.78, 5) is 14.2. The number of anilines is 1. The van der Waals surface area contributed by atoms with Crippen LogP contribution in [0.15, 0.2) is 24.3 Å². The minimum atomic E-state index is -0.466. The summed E-state index contributed by atoms with van der Waals surface area (Å²) in [6.07, 6.45) is 2.93. The van der Waals surface area contributed by atoms with Gasteiger partial charge in [-0.25, -0.2) is 4.79 Å². The number of hydrogen-bond acceptors (Lipinski definition) is 4. The van der Waals surface area contributed by atoms with Crippen LogP contribution in [0.3, 0.4) is 0 Å². The van der Waals surface area contributed by atoms with Crippen molar-refractivity contribution < 1.29 is 14.6 Å². The molecule has 1 unspecified atom stereocenters. The van der Waals surface area contributed by atoms with Crippen LogP contribution in [-0.2, 0) is 11.3 Å². The number of piperidine rings is 1. The van der Waals surface area contributed by atoms with Crippen LogP contribution in [0.1, 0.15) is 45.6 Å². The topological polar surface area (TPSA) is 61.8 Å². The van der Waals surface area contributed by atoms with Crippen LogP contribution in [-0.4, -0.2) is 40.8 Å². The van der Waals surface area contributed by atoms with Crippen LogP contribution in [0.2, 0.25) is 0 Å². The molecule has 1 aliphatic rings. The van der Waals surface area contributed by atoms with E-state index in [1.807, 2.05) is 49.9 Å². The van der Waals surface area contributed by atoms with Crippen LogP contribution in [0.4, 0.5) is 10.5 Å². The molecular weight excluding hydrogens is 292 g/mol. The number of rotatable bonds is 4. The second-order valence-electron chi connectivity index (χ2n) is 7.06. The molecule has 1 fully saturated rings. The summed E-state index contributed by atoms with van der Waals surface area (Å²) in [5.74, 6) is 0. The zero-order valence-electron chi connectivity index (χ0n) is 14.3. The Labute approximate surface area is 138 Å². The Morgan fingerprint density at radius 1 is 1.30 bits per heavy atom. The molecule has 1 atom stereocenters. The average Bonchev–Trinajstić information content (AvgIpc) is 2.52. The molecule has 5 heteroatoms. The first-order valence-electron chi connectivity index (χ1n) is 8.32. The van der Waals surface area contributed by atoms with Gasteiger partial charge in [0.15, 0.2) is 0 Å². The first-order chi connectivity index (χ1) is 10.9. The van der Waals surface area contributed by atoms with Crippen LogP contribution in [0, 0.1) is 0 Å². The number of nitrogens with one attached hydrogen (secondary N) is 1. The largest absolute Gasteiger partial charge is 0.444 e. The number of benzene rings is 1. The SMILES string of the molecule is CC(C)(C)OC(=O)N1CCCCC1CNc1ccc(CO)cc1. The van der Waals surface area contributed by atoms with Crippen molar-refractivity contribution >= 4 is 11.8 Å². The minimum absolute atomic E-state index is 0.0509. The predicted molar refractivity (Wildman–Crippen MR) is 91.4 cm³/mol. The molecule has 1 aromatic rings. The molecule has 2 N–H and O–H groups in total. The zero-order chi connectivity index (χ0) is 16.9. The lowest BCUT2D eigenvalue weighted by Gasteiger charge is -2.37. The summed E-state index contributed by atoms with van der Waals surface area (Å²) in [5, 5.41) is 12.5. The standard InChI is InChI=1S/C18H28N2O3/c1-18(2,3)23-17(22)20-11-5-4-6-16(20)12-19-15-9-7-14(13-21)8-10-15/h7-10,16,19,21H,4-6,11-13H2,1-3H3. The van der Waals surface area contributed by atoms with E-state index >= 15 is 0 Å². The molecule has 1 aliphatic heterocycles. The Kier molecular flexibility index (Phi) is 5.88. The van der Waals surface area contributed by atoms with E-state index in [9.17, 15) is 4.79 Å². The lowest BCUT2D eigenvalue weighted by Crippen LogP contribution is -2.48. The van der Waals surface area contributed by atoms with Gasteiger partial charge in [0.25, 0.3) is 0 Å². The number of aliphatic hydroxyl groups excluding tert-OH is 1. The second kappa shape index (κ2) is 7.68. The van der Waals surface area contributed by atoms with E-state index in [1.54, 1.807) is 0 Å². The van der Waals surface area contributed by atoms with E-state index in [0.29, 0.717) is 6.54 Å². The van der Waals surface area contributed by atoms with E-state index in [-0.39, 0.29) is 18.7 Å². The third-order valence-corrected chi connectivity index (χ3v) is 3.93. The summed E-state index contributed by atoms with van der Waals surface area (Å²) >= 11 is 0. The third kappa shape index (κ3) is 5.43. The van der Waals surface area contributed by atoms with Gasteiger partial charge >= 0.3 is 6.09 Å². The average molecular weight is 320 g/mol. The lowest BCUT2D eigenvalue weighted by molar-refractivity contribution is 0.0114. The monoisotopic (exact) mass is 320 g/mol. The highest BCUT2D eigenvalue weighted by Gasteiger charge is 2.30. The van der Waals surface area contributed by atoms with E-state index < -0.39 is 5.60 Å². The number of likely N-dealkylation sites (tertiary alicyclic amines) is 1. The molecule has 1 aromatic carbocycles. The van der Waals surface area contributed by atoms with Gasteiger partial charge in [-0.3, -0.25) is 0 Å². The number of amides is 1. The summed E-state index contributed by atoms with van der Waals surface area (Å²) in [6, 6.07) is 7.85. The summed E-state index contributed by atoms with van der Waals surface area (Å²) in [6.45, 7) is 7.19. The molecule has 0 bridgehead atoms. The van der Waals surface area contributed by atoms with E-state index in [1.165, 1.54) is 0 Å². The molecule has 0 spiro atoms. The minimum Gasteiger partial charge on any atom is -0.444 e. The molecule has 128 valence electrons. The molecule has 1 amide bonds. The van der Waals surface area contributed by atoms with E-state index in [2.05, 4.69) is 5.32 Å². The summed E-state index contributed by atoms with van der Waals surface area (Å²) in [7, 11) is 0. The fourth-order valence-corrected chi connectivity index (χ4v) is 2.74. The number of nitrogens with zero attached hydrogens (tertiary/aromatic N) is 1. The van der Waals surface area contributed by atoms with Gasteiger partial charge in [0, 0.05) is 18.8 Å². The van der Waals surface area contributed by atoms with Gasteiger partial charge in [0.2, 0.25) is 0 Å². The number of carbonyl (C=O) groups is 1. The Bertz CT molecular complexity index is 508. The third-order valence-electron chi connectivity index (χ3n) is 3.93. The van der Waals surface area contributed by atoms with Crippen molar-refractivity contribution in [2.24, 2.45) is 0 Å². The Hall–Kier alpha value is -1.75. The first-order valence-corrected chi connectivity index (χ1v) is 8.32. The van der Waals surface area contributed by atoms with Crippen molar-refractivity contribution in [3.05, 3.63) is 29.8 Å². The summed E-state index contributed by atoms with van der Waals surface area (Å²) < 4.78 is 5.52. The fourth-order valence-electron chi connectivity index (χ4n) is 2.74. The molecule has 5 nitrogen and oxygen atoms in total.